The van der Waals surface area contributed by atoms with Crippen LogP contribution in [0.15, 0.2) is 22.9 Å². The molecule has 0 bridgehead atoms. The maximum absolute atomic E-state index is 5.61. The molecule has 2 aromatic rings. The number of rotatable bonds is 4. The van der Waals surface area contributed by atoms with E-state index < -0.39 is 0 Å². The molecule has 0 saturated heterocycles. The Morgan fingerprint density at radius 1 is 1.50 bits per heavy atom. The van der Waals surface area contributed by atoms with Crippen LogP contribution in [0.2, 0.25) is 0 Å². The molecule has 0 atom stereocenters. The highest BCUT2D eigenvalue weighted by molar-refractivity contribution is 5.08. The Hall–Kier alpha value is -1.62. The molecule has 0 radical (unpaired) electrons. The summed E-state index contributed by atoms with van der Waals surface area (Å²) in [5.41, 5.74) is 6.67. The van der Waals surface area contributed by atoms with Crippen molar-refractivity contribution in [2.24, 2.45) is 5.73 Å². The zero-order chi connectivity index (χ0) is 11.5. The van der Waals surface area contributed by atoms with Crippen molar-refractivity contribution >= 4 is 0 Å². The summed E-state index contributed by atoms with van der Waals surface area (Å²) in [6, 6.07) is 3.95. The Balaban J connectivity index is 2.14. The van der Waals surface area contributed by atoms with E-state index in [-0.39, 0.29) is 5.92 Å². The van der Waals surface area contributed by atoms with E-state index in [1.807, 2.05) is 36.7 Å². The average Bonchev–Trinajstić information content (AvgIpc) is 2.87. The second kappa shape index (κ2) is 4.49. The highest BCUT2D eigenvalue weighted by Gasteiger charge is 2.10. The molecular weight excluding hydrogens is 204 g/mol. The van der Waals surface area contributed by atoms with Crippen molar-refractivity contribution in [3.63, 3.8) is 0 Å². The van der Waals surface area contributed by atoms with Gasteiger partial charge in [-0.3, -0.25) is 0 Å². The molecule has 0 aliphatic carbocycles. The predicted molar refractivity (Wildman–Crippen MR) is 59.8 cm³/mol. The molecule has 5 heteroatoms. The van der Waals surface area contributed by atoms with E-state index in [0.29, 0.717) is 19.0 Å². The van der Waals surface area contributed by atoms with Crippen LogP contribution in [0, 0.1) is 0 Å². The van der Waals surface area contributed by atoms with Crippen molar-refractivity contribution in [1.29, 1.82) is 0 Å². The Labute approximate surface area is 94.3 Å². The first kappa shape index (κ1) is 10.9. The van der Waals surface area contributed by atoms with Crippen molar-refractivity contribution in [2.75, 3.05) is 0 Å². The fourth-order valence-corrected chi connectivity index (χ4v) is 1.50. The van der Waals surface area contributed by atoms with Crippen molar-refractivity contribution in [3.8, 4) is 0 Å². The van der Waals surface area contributed by atoms with Gasteiger partial charge < -0.3 is 14.8 Å². The third-order valence-electron chi connectivity index (χ3n) is 2.44. The molecule has 0 amide bonds. The maximum Gasteiger partial charge on any atom is 0.246 e. The number of nitrogens with zero attached hydrogens (tertiary/aromatic N) is 3. The van der Waals surface area contributed by atoms with Gasteiger partial charge in [0.25, 0.3) is 0 Å². The summed E-state index contributed by atoms with van der Waals surface area (Å²) >= 11 is 0. The highest BCUT2D eigenvalue weighted by atomic mass is 16.5. The van der Waals surface area contributed by atoms with Gasteiger partial charge in [0.05, 0.1) is 0 Å². The molecule has 2 N–H and O–H groups in total. The van der Waals surface area contributed by atoms with Crippen molar-refractivity contribution in [1.82, 2.24) is 14.7 Å². The lowest BCUT2D eigenvalue weighted by molar-refractivity contribution is 0.363. The monoisotopic (exact) mass is 220 g/mol. The predicted octanol–water partition coefficient (Wildman–Crippen LogP) is 1.50. The summed E-state index contributed by atoms with van der Waals surface area (Å²) in [6.45, 7) is 5.17. The van der Waals surface area contributed by atoms with Gasteiger partial charge in [0.2, 0.25) is 5.89 Å². The standard InChI is InChI=1S/C11H16N4O/c1-8(2)11-13-10(16-14-11)7-15-5-3-4-9(15)6-12/h3-5,8H,6-7,12H2,1-2H3. The molecule has 86 valence electrons. The molecule has 5 nitrogen and oxygen atoms in total. The Morgan fingerprint density at radius 2 is 2.31 bits per heavy atom. The number of hydrogen-bond acceptors (Lipinski definition) is 4. The Bertz CT molecular complexity index is 458. The van der Waals surface area contributed by atoms with Gasteiger partial charge in [0.15, 0.2) is 5.82 Å². The normalized spacial score (nSPS) is 11.2. The second-order valence-electron chi connectivity index (χ2n) is 4.03. The number of aromatic nitrogens is 3. The van der Waals surface area contributed by atoms with Crippen LogP contribution in [-0.2, 0) is 13.1 Å². The number of hydrogen-bond donors (Lipinski definition) is 1. The molecule has 16 heavy (non-hydrogen) atoms. The molecule has 2 rings (SSSR count). The maximum atomic E-state index is 5.61. The first-order valence-electron chi connectivity index (χ1n) is 5.37. The molecule has 2 heterocycles. The number of nitrogens with two attached hydrogens (primary N) is 1. The minimum atomic E-state index is 0.288. The van der Waals surface area contributed by atoms with E-state index in [4.69, 9.17) is 10.3 Å². The molecule has 0 aromatic carbocycles. The van der Waals surface area contributed by atoms with Gasteiger partial charge in [-0.1, -0.05) is 19.0 Å². The van der Waals surface area contributed by atoms with Crippen molar-refractivity contribution < 1.29 is 4.52 Å². The van der Waals surface area contributed by atoms with Gasteiger partial charge in [-0.25, -0.2) is 0 Å². The minimum absolute atomic E-state index is 0.288. The third kappa shape index (κ3) is 2.14. The van der Waals surface area contributed by atoms with E-state index in [2.05, 4.69) is 10.1 Å². The van der Waals surface area contributed by atoms with Crippen LogP contribution < -0.4 is 5.73 Å². The molecule has 0 saturated carbocycles. The quantitative estimate of drug-likeness (QED) is 0.847. The van der Waals surface area contributed by atoms with Crippen molar-refractivity contribution in [3.05, 3.63) is 35.7 Å². The van der Waals surface area contributed by atoms with Gasteiger partial charge in [-0.05, 0) is 12.1 Å². The topological polar surface area (TPSA) is 69.9 Å². The lowest BCUT2D eigenvalue weighted by atomic mass is 10.2. The largest absolute Gasteiger partial charge is 0.341 e. The van der Waals surface area contributed by atoms with E-state index in [1.165, 1.54) is 0 Å². The van der Waals surface area contributed by atoms with Crippen LogP contribution in [0.25, 0.3) is 0 Å². The summed E-state index contributed by atoms with van der Waals surface area (Å²) in [5, 5.41) is 3.92. The molecular formula is C11H16N4O. The molecule has 0 aliphatic rings. The molecule has 0 fully saturated rings. The van der Waals surface area contributed by atoms with E-state index in [1.54, 1.807) is 0 Å². The van der Waals surface area contributed by atoms with Crippen LogP contribution in [0.1, 0.15) is 37.2 Å². The summed E-state index contributed by atoms with van der Waals surface area (Å²) in [4.78, 5) is 4.32. The summed E-state index contributed by atoms with van der Waals surface area (Å²) < 4.78 is 7.19. The molecule has 0 unspecified atom stereocenters. The fraction of sp³-hybridized carbons (Fsp3) is 0.455. The zero-order valence-electron chi connectivity index (χ0n) is 9.55. The van der Waals surface area contributed by atoms with Gasteiger partial charge in [0, 0.05) is 24.4 Å². The lowest BCUT2D eigenvalue weighted by Crippen LogP contribution is -2.07. The van der Waals surface area contributed by atoms with E-state index in [9.17, 15) is 0 Å². The third-order valence-corrected chi connectivity index (χ3v) is 2.44. The van der Waals surface area contributed by atoms with Gasteiger partial charge in [-0.2, -0.15) is 4.98 Å². The first-order valence-corrected chi connectivity index (χ1v) is 5.37. The summed E-state index contributed by atoms with van der Waals surface area (Å²) in [6.07, 6.45) is 1.96. The fourth-order valence-electron chi connectivity index (χ4n) is 1.50. The summed E-state index contributed by atoms with van der Waals surface area (Å²) in [5.74, 6) is 1.65. The van der Waals surface area contributed by atoms with Crippen LogP contribution in [-0.4, -0.2) is 14.7 Å². The lowest BCUT2D eigenvalue weighted by Gasteiger charge is -2.03. The Morgan fingerprint density at radius 3 is 2.94 bits per heavy atom. The highest BCUT2D eigenvalue weighted by Crippen LogP contribution is 2.11. The average molecular weight is 220 g/mol. The smallest absolute Gasteiger partial charge is 0.246 e. The van der Waals surface area contributed by atoms with E-state index >= 15 is 0 Å². The SMILES string of the molecule is CC(C)c1noc(Cn2cccc2CN)n1. The van der Waals surface area contributed by atoms with Gasteiger partial charge in [-0.15, -0.1) is 0 Å². The second-order valence-corrected chi connectivity index (χ2v) is 4.03. The van der Waals surface area contributed by atoms with Crippen LogP contribution in [0.4, 0.5) is 0 Å². The van der Waals surface area contributed by atoms with E-state index in [0.717, 1.165) is 11.5 Å². The van der Waals surface area contributed by atoms with Crippen molar-refractivity contribution in [2.45, 2.75) is 32.9 Å². The van der Waals surface area contributed by atoms with Crippen LogP contribution in [0.5, 0.6) is 0 Å². The first-order chi connectivity index (χ1) is 7.70. The van der Waals surface area contributed by atoms with Crippen LogP contribution in [0.3, 0.4) is 0 Å². The van der Waals surface area contributed by atoms with Gasteiger partial charge in [0.1, 0.15) is 6.54 Å². The van der Waals surface area contributed by atoms with Gasteiger partial charge >= 0.3 is 0 Å². The molecule has 0 aliphatic heterocycles. The Kier molecular flexibility index (Phi) is 3.05. The molecule has 2 aromatic heterocycles. The molecule has 0 spiro atoms. The minimum Gasteiger partial charge on any atom is -0.341 e. The van der Waals surface area contributed by atoms with Crippen LogP contribution >= 0.6 is 0 Å². The zero-order valence-corrected chi connectivity index (χ0v) is 9.55. The summed E-state index contributed by atoms with van der Waals surface area (Å²) in [7, 11) is 0.